The summed E-state index contributed by atoms with van der Waals surface area (Å²) in [6, 6.07) is 14.2. The average molecular weight is 345 g/mol. The predicted molar refractivity (Wildman–Crippen MR) is 90.9 cm³/mol. The smallest absolute Gasteiger partial charge is 0.159 e. The van der Waals surface area contributed by atoms with Gasteiger partial charge in [0, 0.05) is 30.2 Å². The van der Waals surface area contributed by atoms with Crippen molar-refractivity contribution in [3.05, 3.63) is 52.5 Å². The third-order valence-corrected chi connectivity index (χ3v) is 4.52. The fourth-order valence-corrected chi connectivity index (χ4v) is 3.29. The Kier molecular flexibility index (Phi) is 3.72. The van der Waals surface area contributed by atoms with E-state index in [2.05, 4.69) is 57.0 Å². The highest BCUT2D eigenvalue weighted by Gasteiger charge is 2.22. The van der Waals surface area contributed by atoms with Crippen molar-refractivity contribution >= 4 is 38.8 Å². The Bertz CT molecular complexity index is 699. The van der Waals surface area contributed by atoms with Gasteiger partial charge in [-0.2, -0.15) is 0 Å². The third-order valence-electron chi connectivity index (χ3n) is 3.89. The van der Waals surface area contributed by atoms with E-state index in [1.807, 2.05) is 18.2 Å². The lowest BCUT2D eigenvalue weighted by Crippen LogP contribution is -2.36. The van der Waals surface area contributed by atoms with Crippen molar-refractivity contribution in [3.8, 4) is 0 Å². The van der Waals surface area contributed by atoms with E-state index in [9.17, 15) is 4.79 Å². The van der Waals surface area contributed by atoms with Crippen LogP contribution in [0.2, 0.25) is 0 Å². The van der Waals surface area contributed by atoms with Crippen molar-refractivity contribution in [1.82, 2.24) is 0 Å². The Morgan fingerprint density at radius 1 is 1.05 bits per heavy atom. The molecule has 0 unspecified atom stereocenters. The van der Waals surface area contributed by atoms with E-state index in [4.69, 9.17) is 0 Å². The number of rotatable bonds is 2. The highest BCUT2D eigenvalue weighted by atomic mass is 79.9. The van der Waals surface area contributed by atoms with E-state index in [0.29, 0.717) is 0 Å². The molecule has 0 aromatic heterocycles. The van der Waals surface area contributed by atoms with E-state index in [-0.39, 0.29) is 5.78 Å². The number of para-hydroxylation sites is 2. The van der Waals surface area contributed by atoms with Gasteiger partial charge in [-0.15, -0.1) is 0 Å². The number of carbonyl (C=O) groups excluding carboxylic acids is 1. The number of nitrogens with zero attached hydrogens (tertiary/aromatic N) is 2. The van der Waals surface area contributed by atoms with Crippen molar-refractivity contribution < 1.29 is 4.79 Å². The number of halogens is 1. The molecule has 21 heavy (non-hydrogen) atoms. The molecule has 0 fully saturated rings. The van der Waals surface area contributed by atoms with Crippen molar-refractivity contribution in [1.29, 1.82) is 0 Å². The maximum atomic E-state index is 11.5. The average Bonchev–Trinajstić information content (AvgIpc) is 2.48. The monoisotopic (exact) mass is 344 g/mol. The second kappa shape index (κ2) is 5.53. The third kappa shape index (κ3) is 2.56. The predicted octanol–water partition coefficient (Wildman–Crippen LogP) is 4.24. The first-order chi connectivity index (χ1) is 10.1. The minimum absolute atomic E-state index is 0.0843. The maximum Gasteiger partial charge on any atom is 0.159 e. The second-order valence-electron chi connectivity index (χ2n) is 5.28. The number of anilines is 3. The Morgan fingerprint density at radius 2 is 1.76 bits per heavy atom. The molecule has 3 nitrogen and oxygen atoms in total. The van der Waals surface area contributed by atoms with E-state index >= 15 is 0 Å². The van der Waals surface area contributed by atoms with Crippen LogP contribution in [0.4, 0.5) is 17.1 Å². The minimum atomic E-state index is 0.0843. The van der Waals surface area contributed by atoms with Crippen LogP contribution < -0.4 is 9.80 Å². The molecule has 1 aliphatic rings. The summed E-state index contributed by atoms with van der Waals surface area (Å²) in [6.45, 7) is 3.48. The summed E-state index contributed by atoms with van der Waals surface area (Å²) in [4.78, 5) is 16.0. The zero-order chi connectivity index (χ0) is 15.0. The largest absolute Gasteiger partial charge is 0.371 e. The molecule has 0 radical (unpaired) electrons. The lowest BCUT2D eigenvalue weighted by molar-refractivity contribution is 0.101. The van der Waals surface area contributed by atoms with Crippen molar-refractivity contribution in [2.45, 2.75) is 6.92 Å². The van der Waals surface area contributed by atoms with Crippen LogP contribution in [-0.2, 0) is 0 Å². The second-order valence-corrected chi connectivity index (χ2v) is 6.14. The summed E-state index contributed by atoms with van der Waals surface area (Å²) < 4.78 is 0.953. The molecule has 0 amide bonds. The van der Waals surface area contributed by atoms with Gasteiger partial charge in [-0.1, -0.05) is 12.1 Å². The van der Waals surface area contributed by atoms with Gasteiger partial charge >= 0.3 is 0 Å². The fraction of sp³-hybridized carbons (Fsp3) is 0.235. The molecule has 108 valence electrons. The molecule has 4 heteroatoms. The van der Waals surface area contributed by atoms with Crippen LogP contribution in [0, 0.1) is 0 Å². The Balaban J connectivity index is 2.06. The first-order valence-corrected chi connectivity index (χ1v) is 7.75. The molecule has 1 aliphatic heterocycles. The van der Waals surface area contributed by atoms with E-state index in [0.717, 1.165) is 28.8 Å². The fourth-order valence-electron chi connectivity index (χ4n) is 2.70. The van der Waals surface area contributed by atoms with Crippen LogP contribution in [0.25, 0.3) is 0 Å². The first kappa shape index (κ1) is 14.1. The minimum Gasteiger partial charge on any atom is -0.371 e. The molecule has 2 aromatic carbocycles. The standard InChI is InChI=1S/C17H17BrN2O/c1-12(21)13-7-8-15(14(18)11-13)20-10-9-19(2)16-5-3-4-6-17(16)20/h3-8,11H,9-10H2,1-2H3. The molecule has 0 N–H and O–H groups in total. The van der Waals surface area contributed by atoms with E-state index in [1.54, 1.807) is 6.92 Å². The van der Waals surface area contributed by atoms with Gasteiger partial charge < -0.3 is 9.80 Å². The van der Waals surface area contributed by atoms with E-state index < -0.39 is 0 Å². The molecular weight excluding hydrogens is 328 g/mol. The van der Waals surface area contributed by atoms with Gasteiger partial charge in [0.1, 0.15) is 0 Å². The Morgan fingerprint density at radius 3 is 2.43 bits per heavy atom. The summed E-state index contributed by atoms with van der Waals surface area (Å²) in [5.41, 5.74) is 4.25. The van der Waals surface area contributed by atoms with Gasteiger partial charge in [0.05, 0.1) is 17.1 Å². The van der Waals surface area contributed by atoms with Gasteiger partial charge in [-0.3, -0.25) is 4.79 Å². The molecule has 0 saturated heterocycles. The molecule has 0 bridgehead atoms. The van der Waals surface area contributed by atoms with E-state index in [1.165, 1.54) is 11.4 Å². The SMILES string of the molecule is CC(=O)c1ccc(N2CCN(C)c3ccccc32)c(Br)c1. The van der Waals surface area contributed by atoms with Gasteiger partial charge in [0.2, 0.25) is 0 Å². The van der Waals surface area contributed by atoms with Crippen molar-refractivity contribution in [2.24, 2.45) is 0 Å². The molecule has 0 aliphatic carbocycles. The lowest BCUT2D eigenvalue weighted by atomic mass is 10.1. The zero-order valence-corrected chi connectivity index (χ0v) is 13.7. The van der Waals surface area contributed by atoms with Crippen LogP contribution in [-0.4, -0.2) is 25.9 Å². The molecular formula is C17H17BrN2O. The highest BCUT2D eigenvalue weighted by molar-refractivity contribution is 9.10. The van der Waals surface area contributed by atoms with Crippen LogP contribution in [0.3, 0.4) is 0 Å². The Hall–Kier alpha value is -1.81. The Labute approximate surface area is 133 Å². The van der Waals surface area contributed by atoms with Crippen LogP contribution in [0.15, 0.2) is 46.9 Å². The molecule has 3 rings (SSSR count). The number of likely N-dealkylation sites (N-methyl/N-ethyl adjacent to an activating group) is 1. The summed E-state index contributed by atoms with van der Waals surface area (Å²) in [7, 11) is 2.12. The molecule has 0 atom stereocenters. The molecule has 2 aromatic rings. The summed E-state index contributed by atoms with van der Waals surface area (Å²) in [5, 5.41) is 0. The highest BCUT2D eigenvalue weighted by Crippen LogP contribution is 2.39. The van der Waals surface area contributed by atoms with Gasteiger partial charge in [0.15, 0.2) is 5.78 Å². The number of ketones is 1. The lowest BCUT2D eigenvalue weighted by Gasteiger charge is -2.37. The van der Waals surface area contributed by atoms with Gasteiger partial charge in [0.25, 0.3) is 0 Å². The topological polar surface area (TPSA) is 23.6 Å². The number of Topliss-reactive ketones (excluding diaryl/α,β-unsaturated/α-hetero) is 1. The van der Waals surface area contributed by atoms with Crippen LogP contribution in [0.5, 0.6) is 0 Å². The number of hydrogen-bond donors (Lipinski definition) is 0. The van der Waals surface area contributed by atoms with Crippen LogP contribution >= 0.6 is 15.9 Å². The van der Waals surface area contributed by atoms with Crippen molar-refractivity contribution in [3.63, 3.8) is 0 Å². The van der Waals surface area contributed by atoms with Crippen LogP contribution in [0.1, 0.15) is 17.3 Å². The van der Waals surface area contributed by atoms with Gasteiger partial charge in [-0.05, 0) is 53.2 Å². The number of fused-ring (bicyclic) bond motifs is 1. The quantitative estimate of drug-likeness (QED) is 0.761. The molecule has 1 heterocycles. The van der Waals surface area contributed by atoms with Gasteiger partial charge in [-0.25, -0.2) is 0 Å². The number of benzene rings is 2. The van der Waals surface area contributed by atoms with Crippen molar-refractivity contribution in [2.75, 3.05) is 29.9 Å². The summed E-state index contributed by atoms with van der Waals surface area (Å²) in [6.07, 6.45) is 0. The number of hydrogen-bond acceptors (Lipinski definition) is 3. The molecule has 0 saturated carbocycles. The maximum absolute atomic E-state index is 11.5. The summed E-state index contributed by atoms with van der Waals surface area (Å²) in [5.74, 6) is 0.0843. The number of carbonyl (C=O) groups is 1. The normalized spacial score (nSPS) is 14.0. The first-order valence-electron chi connectivity index (χ1n) is 6.96. The molecule has 0 spiro atoms. The summed E-state index contributed by atoms with van der Waals surface area (Å²) >= 11 is 3.61. The zero-order valence-electron chi connectivity index (χ0n) is 12.1.